The third kappa shape index (κ3) is 4.51. The van der Waals surface area contributed by atoms with Gasteiger partial charge in [0.2, 0.25) is 5.91 Å². The van der Waals surface area contributed by atoms with Crippen molar-refractivity contribution in [3.8, 4) is 0 Å². The van der Waals surface area contributed by atoms with E-state index in [-0.39, 0.29) is 30.1 Å². The van der Waals surface area contributed by atoms with Gasteiger partial charge in [0, 0.05) is 17.3 Å². The van der Waals surface area contributed by atoms with Crippen LogP contribution in [0.2, 0.25) is 0 Å². The minimum Gasteiger partial charge on any atom is -0.355 e. The van der Waals surface area contributed by atoms with E-state index >= 15 is 0 Å². The molecule has 0 saturated heterocycles. The summed E-state index contributed by atoms with van der Waals surface area (Å²) in [7, 11) is 1.74. The van der Waals surface area contributed by atoms with Crippen LogP contribution in [0.3, 0.4) is 0 Å². The standard InChI is InChI=1S/C17H27N3O3/c1-9(2)18-14(22)8-20(7)12(5)17(23)16-10(3)15(13(6)21)11(4)19-16/h9,12,19H,8H2,1-7H3,(H,18,22)/t12-/m0/s1. The van der Waals surface area contributed by atoms with Crippen LogP contribution in [0.5, 0.6) is 0 Å². The van der Waals surface area contributed by atoms with Gasteiger partial charge in [-0.2, -0.15) is 0 Å². The summed E-state index contributed by atoms with van der Waals surface area (Å²) >= 11 is 0. The number of ketones is 2. The number of rotatable bonds is 7. The molecule has 1 aromatic heterocycles. The average Bonchev–Trinajstić information content (AvgIpc) is 2.71. The summed E-state index contributed by atoms with van der Waals surface area (Å²) in [5.41, 5.74) is 2.38. The Kier molecular flexibility index (Phi) is 6.27. The number of carbonyl (C=O) groups excluding carboxylic acids is 3. The van der Waals surface area contributed by atoms with Crippen LogP contribution in [-0.2, 0) is 4.79 Å². The molecule has 0 radical (unpaired) electrons. The molecule has 0 unspecified atom stereocenters. The molecule has 23 heavy (non-hydrogen) atoms. The Balaban J connectivity index is 2.91. The Morgan fingerprint density at radius 3 is 2.17 bits per heavy atom. The van der Waals surface area contributed by atoms with Crippen molar-refractivity contribution >= 4 is 17.5 Å². The lowest BCUT2D eigenvalue weighted by Crippen LogP contribution is -2.44. The molecule has 1 amide bonds. The van der Waals surface area contributed by atoms with E-state index in [0.29, 0.717) is 22.5 Å². The number of carbonyl (C=O) groups is 3. The minimum atomic E-state index is -0.468. The van der Waals surface area contributed by atoms with Crippen LogP contribution in [0.1, 0.15) is 59.8 Å². The van der Waals surface area contributed by atoms with Crippen molar-refractivity contribution < 1.29 is 14.4 Å². The van der Waals surface area contributed by atoms with Crippen molar-refractivity contribution in [1.82, 2.24) is 15.2 Å². The highest BCUT2D eigenvalue weighted by molar-refractivity contribution is 6.05. The third-order valence-corrected chi connectivity index (χ3v) is 3.92. The summed E-state index contributed by atoms with van der Waals surface area (Å²) in [4.78, 5) is 40.9. The highest BCUT2D eigenvalue weighted by Crippen LogP contribution is 2.20. The van der Waals surface area contributed by atoms with Crippen molar-refractivity contribution in [2.24, 2.45) is 0 Å². The minimum absolute atomic E-state index is 0.0624. The zero-order valence-electron chi connectivity index (χ0n) is 15.0. The van der Waals surface area contributed by atoms with Crippen molar-refractivity contribution in [1.29, 1.82) is 0 Å². The van der Waals surface area contributed by atoms with Crippen LogP contribution < -0.4 is 5.32 Å². The second-order valence-corrected chi connectivity index (χ2v) is 6.36. The molecule has 1 heterocycles. The number of nitrogens with one attached hydrogen (secondary N) is 2. The van der Waals surface area contributed by atoms with E-state index in [4.69, 9.17) is 0 Å². The maximum Gasteiger partial charge on any atom is 0.234 e. The van der Waals surface area contributed by atoms with Crippen LogP contribution in [0.15, 0.2) is 0 Å². The van der Waals surface area contributed by atoms with Gasteiger partial charge >= 0.3 is 0 Å². The number of nitrogens with zero attached hydrogens (tertiary/aromatic N) is 1. The first-order chi connectivity index (χ1) is 10.6. The lowest BCUT2D eigenvalue weighted by atomic mass is 10.0. The summed E-state index contributed by atoms with van der Waals surface area (Å²) < 4.78 is 0. The number of aryl methyl sites for hydroxylation is 1. The molecule has 0 aliphatic rings. The molecule has 2 N–H and O–H groups in total. The maximum atomic E-state index is 12.7. The van der Waals surface area contributed by atoms with E-state index in [0.717, 1.165) is 0 Å². The lowest BCUT2D eigenvalue weighted by molar-refractivity contribution is -0.122. The topological polar surface area (TPSA) is 82.3 Å². The Morgan fingerprint density at radius 2 is 1.74 bits per heavy atom. The Bertz CT molecular complexity index is 617. The van der Waals surface area contributed by atoms with Crippen molar-refractivity contribution in [3.05, 3.63) is 22.5 Å². The molecule has 6 nitrogen and oxygen atoms in total. The van der Waals surface area contributed by atoms with Gasteiger partial charge in [0.25, 0.3) is 0 Å². The van der Waals surface area contributed by atoms with E-state index in [1.54, 1.807) is 32.7 Å². The molecule has 6 heteroatoms. The Labute approximate surface area is 137 Å². The van der Waals surface area contributed by atoms with Crippen molar-refractivity contribution in [2.45, 2.75) is 53.6 Å². The van der Waals surface area contributed by atoms with Crippen LogP contribution in [0, 0.1) is 13.8 Å². The number of amides is 1. The quantitative estimate of drug-likeness (QED) is 0.751. The van der Waals surface area contributed by atoms with Gasteiger partial charge in [0.15, 0.2) is 11.6 Å². The van der Waals surface area contributed by atoms with E-state index in [2.05, 4.69) is 10.3 Å². The zero-order chi connectivity index (χ0) is 17.9. The van der Waals surface area contributed by atoms with Gasteiger partial charge in [-0.25, -0.2) is 0 Å². The monoisotopic (exact) mass is 321 g/mol. The number of hydrogen-bond acceptors (Lipinski definition) is 4. The first-order valence-corrected chi connectivity index (χ1v) is 7.80. The van der Waals surface area contributed by atoms with Crippen molar-refractivity contribution in [2.75, 3.05) is 13.6 Å². The van der Waals surface area contributed by atoms with Crippen LogP contribution in [-0.4, -0.2) is 53.0 Å². The highest BCUT2D eigenvalue weighted by atomic mass is 16.2. The van der Waals surface area contributed by atoms with Gasteiger partial charge in [0.1, 0.15) is 0 Å². The number of aromatic amines is 1. The molecule has 0 fully saturated rings. The molecule has 128 valence electrons. The number of H-pyrrole nitrogens is 1. The largest absolute Gasteiger partial charge is 0.355 e. The maximum absolute atomic E-state index is 12.7. The fourth-order valence-corrected chi connectivity index (χ4v) is 2.66. The van der Waals surface area contributed by atoms with Crippen LogP contribution in [0.4, 0.5) is 0 Å². The zero-order valence-corrected chi connectivity index (χ0v) is 15.0. The first-order valence-electron chi connectivity index (χ1n) is 7.80. The van der Waals surface area contributed by atoms with Gasteiger partial charge in [0.05, 0.1) is 18.3 Å². The predicted molar refractivity (Wildman–Crippen MR) is 90.0 cm³/mol. The molecular formula is C17H27N3O3. The van der Waals surface area contributed by atoms with Gasteiger partial charge in [-0.3, -0.25) is 19.3 Å². The molecule has 1 atom stereocenters. The van der Waals surface area contributed by atoms with Gasteiger partial charge in [-0.1, -0.05) is 0 Å². The fourth-order valence-electron chi connectivity index (χ4n) is 2.66. The van der Waals surface area contributed by atoms with Gasteiger partial charge in [-0.15, -0.1) is 0 Å². The van der Waals surface area contributed by atoms with E-state index < -0.39 is 6.04 Å². The van der Waals surface area contributed by atoms with Crippen LogP contribution >= 0.6 is 0 Å². The van der Waals surface area contributed by atoms with Crippen molar-refractivity contribution in [3.63, 3.8) is 0 Å². The highest BCUT2D eigenvalue weighted by Gasteiger charge is 2.26. The second kappa shape index (κ2) is 7.55. The lowest BCUT2D eigenvalue weighted by Gasteiger charge is -2.23. The molecular weight excluding hydrogens is 294 g/mol. The number of aromatic nitrogens is 1. The number of likely N-dealkylation sites (N-methyl/N-ethyl adjacent to an activating group) is 1. The number of hydrogen-bond donors (Lipinski definition) is 2. The van der Waals surface area contributed by atoms with E-state index in [1.807, 2.05) is 13.8 Å². The Morgan fingerprint density at radius 1 is 1.17 bits per heavy atom. The van der Waals surface area contributed by atoms with Gasteiger partial charge in [-0.05, 0) is 54.2 Å². The summed E-state index contributed by atoms with van der Waals surface area (Å²) in [6.07, 6.45) is 0. The summed E-state index contributed by atoms with van der Waals surface area (Å²) in [6, 6.07) is -0.405. The molecule has 0 aliphatic carbocycles. The fraction of sp³-hybridized carbons (Fsp3) is 0.588. The normalized spacial score (nSPS) is 12.6. The smallest absolute Gasteiger partial charge is 0.234 e. The summed E-state index contributed by atoms with van der Waals surface area (Å²) in [5, 5.41) is 2.80. The molecule has 0 aromatic carbocycles. The van der Waals surface area contributed by atoms with Crippen LogP contribution in [0.25, 0.3) is 0 Å². The number of Topliss-reactive ketones (excluding diaryl/α,β-unsaturated/α-hetero) is 2. The van der Waals surface area contributed by atoms with E-state index in [9.17, 15) is 14.4 Å². The van der Waals surface area contributed by atoms with E-state index in [1.165, 1.54) is 6.92 Å². The third-order valence-electron chi connectivity index (χ3n) is 3.92. The average molecular weight is 321 g/mol. The summed E-state index contributed by atoms with van der Waals surface area (Å²) in [5.74, 6) is -0.309. The molecule has 0 bridgehead atoms. The summed E-state index contributed by atoms with van der Waals surface area (Å²) in [6.45, 7) is 10.7. The van der Waals surface area contributed by atoms with Gasteiger partial charge < -0.3 is 10.3 Å². The Hall–Kier alpha value is -1.95. The molecule has 0 saturated carbocycles. The predicted octanol–water partition coefficient (Wildman–Crippen LogP) is 1.86. The second-order valence-electron chi connectivity index (χ2n) is 6.36. The molecule has 0 spiro atoms. The molecule has 0 aliphatic heterocycles. The molecule has 1 aromatic rings. The molecule has 1 rings (SSSR count). The first kappa shape index (κ1) is 19.1. The SMILES string of the molecule is CC(=O)c1c(C)[nH]c(C(=O)[C@H](C)N(C)CC(=O)NC(C)C)c1C.